The van der Waals surface area contributed by atoms with Crippen LogP contribution in [0.5, 0.6) is 0 Å². The van der Waals surface area contributed by atoms with Gasteiger partial charge in [-0.15, -0.1) is 0 Å². The Kier molecular flexibility index (Phi) is 6.06. The van der Waals surface area contributed by atoms with Crippen LogP contribution in [0.1, 0.15) is 32.6 Å². The van der Waals surface area contributed by atoms with Gasteiger partial charge in [-0.05, 0) is 56.9 Å². The topological polar surface area (TPSA) is 69.7 Å². The molecule has 0 aromatic heterocycles. The van der Waals surface area contributed by atoms with E-state index in [0.717, 1.165) is 18.8 Å². The molecule has 2 fully saturated rings. The van der Waals surface area contributed by atoms with Crippen molar-refractivity contribution in [3.05, 3.63) is 24.3 Å². The van der Waals surface area contributed by atoms with Crippen molar-refractivity contribution in [2.45, 2.75) is 38.6 Å². The van der Waals surface area contributed by atoms with Crippen LogP contribution in [0.2, 0.25) is 0 Å². The molecule has 6 nitrogen and oxygen atoms in total. The second kappa shape index (κ2) is 8.29. The molecule has 1 aromatic carbocycles. The highest BCUT2D eigenvalue weighted by Gasteiger charge is 2.33. The Morgan fingerprint density at radius 1 is 1.19 bits per heavy atom. The van der Waals surface area contributed by atoms with Gasteiger partial charge in [0.25, 0.3) is 0 Å². The van der Waals surface area contributed by atoms with E-state index in [2.05, 4.69) is 22.3 Å². The number of hydrogen-bond donors (Lipinski definition) is 1. The first kappa shape index (κ1) is 19.0. The van der Waals surface area contributed by atoms with E-state index in [4.69, 9.17) is 0 Å². The number of benzene rings is 1. The normalized spacial score (nSPS) is 22.2. The van der Waals surface area contributed by atoms with E-state index in [1.54, 1.807) is 4.90 Å². The molecule has 26 heavy (non-hydrogen) atoms. The summed E-state index contributed by atoms with van der Waals surface area (Å²) >= 11 is 0. The zero-order chi connectivity index (χ0) is 18.6. The first-order valence-electron chi connectivity index (χ1n) is 9.57. The minimum absolute atomic E-state index is 0.0466. The van der Waals surface area contributed by atoms with Crippen LogP contribution in [0.4, 0.5) is 11.4 Å². The lowest BCUT2D eigenvalue weighted by atomic mass is 10.1. The van der Waals surface area contributed by atoms with Crippen molar-refractivity contribution in [1.82, 2.24) is 4.90 Å². The summed E-state index contributed by atoms with van der Waals surface area (Å²) in [6.45, 7) is 4.85. The Bertz CT molecular complexity index is 712. The van der Waals surface area contributed by atoms with Crippen molar-refractivity contribution >= 4 is 27.1 Å². The number of hydrogen-bond acceptors (Lipinski definition) is 5. The average molecular weight is 380 g/mol. The third kappa shape index (κ3) is 4.69. The fraction of sp³-hybridized carbons (Fsp3) is 0.632. The molecule has 0 saturated carbocycles. The van der Waals surface area contributed by atoms with Crippen molar-refractivity contribution in [3.8, 4) is 0 Å². The van der Waals surface area contributed by atoms with Gasteiger partial charge in [0.2, 0.25) is 5.91 Å². The minimum atomic E-state index is -2.99. The zero-order valence-corrected chi connectivity index (χ0v) is 16.3. The van der Waals surface area contributed by atoms with Crippen molar-refractivity contribution in [2.75, 3.05) is 47.9 Å². The molecule has 144 valence electrons. The lowest BCUT2D eigenvalue weighted by Crippen LogP contribution is -2.43. The molecule has 0 spiro atoms. The van der Waals surface area contributed by atoms with Gasteiger partial charge in [0.15, 0.2) is 9.84 Å². The monoisotopic (exact) mass is 379 g/mol. The van der Waals surface area contributed by atoms with Gasteiger partial charge < -0.3 is 15.1 Å². The molecular formula is C19H29N3O3S. The highest BCUT2D eigenvalue weighted by molar-refractivity contribution is 7.91. The van der Waals surface area contributed by atoms with Crippen molar-refractivity contribution in [3.63, 3.8) is 0 Å². The van der Waals surface area contributed by atoms with Crippen LogP contribution in [-0.4, -0.2) is 63.0 Å². The standard InChI is InChI=1S/C19H29N3O3S/c1-2-22(18-10-13-26(24,25)15-18)19(23)14-20-16-6-8-17(9-7-16)21-11-4-3-5-12-21/h6-9,18,20H,2-5,10-15H2,1H3. The second-order valence-corrected chi connectivity index (χ2v) is 9.41. The fourth-order valence-electron chi connectivity index (χ4n) is 3.88. The molecule has 1 amide bonds. The zero-order valence-electron chi connectivity index (χ0n) is 15.5. The molecule has 2 heterocycles. The first-order chi connectivity index (χ1) is 12.5. The molecule has 2 saturated heterocycles. The SMILES string of the molecule is CCN(C(=O)CNc1ccc(N2CCCCC2)cc1)C1CCS(=O)(=O)C1. The summed E-state index contributed by atoms with van der Waals surface area (Å²) in [5, 5.41) is 3.17. The molecule has 1 unspecified atom stereocenters. The third-order valence-electron chi connectivity index (χ3n) is 5.34. The molecule has 7 heteroatoms. The molecular weight excluding hydrogens is 350 g/mol. The van der Waals surface area contributed by atoms with Crippen molar-refractivity contribution in [1.29, 1.82) is 0 Å². The maximum absolute atomic E-state index is 12.5. The number of amides is 1. The number of rotatable bonds is 6. The van der Waals surface area contributed by atoms with Gasteiger partial charge in [-0.3, -0.25) is 4.79 Å². The Balaban J connectivity index is 1.53. The molecule has 2 aliphatic heterocycles. The number of nitrogens with zero attached hydrogens (tertiary/aromatic N) is 2. The van der Waals surface area contributed by atoms with E-state index in [-0.39, 0.29) is 30.0 Å². The summed E-state index contributed by atoms with van der Waals surface area (Å²) in [6, 6.07) is 8.03. The molecule has 1 N–H and O–H groups in total. The average Bonchev–Trinajstić information content (AvgIpc) is 3.01. The van der Waals surface area contributed by atoms with E-state index >= 15 is 0 Å². The number of piperidine rings is 1. The van der Waals surface area contributed by atoms with E-state index in [1.807, 2.05) is 19.1 Å². The van der Waals surface area contributed by atoms with E-state index in [9.17, 15) is 13.2 Å². The van der Waals surface area contributed by atoms with Crippen LogP contribution in [0.15, 0.2) is 24.3 Å². The molecule has 0 bridgehead atoms. The van der Waals surface area contributed by atoms with Gasteiger partial charge in [-0.25, -0.2) is 8.42 Å². The Morgan fingerprint density at radius 3 is 2.46 bits per heavy atom. The van der Waals surface area contributed by atoms with Crippen LogP contribution < -0.4 is 10.2 Å². The number of sulfone groups is 1. The van der Waals surface area contributed by atoms with Gasteiger partial charge in [0, 0.05) is 37.1 Å². The number of likely N-dealkylation sites (N-methyl/N-ethyl adjacent to an activating group) is 1. The number of anilines is 2. The molecule has 0 aliphatic carbocycles. The molecule has 2 aliphatic rings. The number of nitrogens with one attached hydrogen (secondary N) is 1. The maximum Gasteiger partial charge on any atom is 0.242 e. The summed E-state index contributed by atoms with van der Waals surface area (Å²) in [5.74, 6) is 0.235. The van der Waals surface area contributed by atoms with Crippen LogP contribution in [0, 0.1) is 0 Å². The highest BCUT2D eigenvalue weighted by Crippen LogP contribution is 2.22. The second-order valence-electron chi connectivity index (χ2n) is 7.18. The van der Waals surface area contributed by atoms with E-state index in [1.165, 1.54) is 24.9 Å². The molecule has 1 atom stereocenters. The minimum Gasteiger partial charge on any atom is -0.376 e. The summed E-state index contributed by atoms with van der Waals surface area (Å²) in [6.07, 6.45) is 4.36. The smallest absolute Gasteiger partial charge is 0.242 e. The summed E-state index contributed by atoms with van der Waals surface area (Å²) < 4.78 is 23.3. The van der Waals surface area contributed by atoms with Crippen LogP contribution in [0.25, 0.3) is 0 Å². The lowest BCUT2D eigenvalue weighted by Gasteiger charge is -2.29. The lowest BCUT2D eigenvalue weighted by molar-refractivity contribution is -0.130. The van der Waals surface area contributed by atoms with E-state index < -0.39 is 9.84 Å². The van der Waals surface area contributed by atoms with Gasteiger partial charge in [0.1, 0.15) is 0 Å². The molecule has 1 aromatic rings. The summed E-state index contributed by atoms with van der Waals surface area (Å²) in [5.41, 5.74) is 2.14. The van der Waals surface area contributed by atoms with Crippen LogP contribution >= 0.6 is 0 Å². The van der Waals surface area contributed by atoms with Crippen LogP contribution in [0.3, 0.4) is 0 Å². The van der Waals surface area contributed by atoms with Crippen molar-refractivity contribution < 1.29 is 13.2 Å². The van der Waals surface area contributed by atoms with E-state index in [0.29, 0.717) is 13.0 Å². The Morgan fingerprint density at radius 2 is 1.88 bits per heavy atom. The Labute approximate surface area is 156 Å². The predicted octanol–water partition coefficient (Wildman–Crippen LogP) is 2.12. The van der Waals surface area contributed by atoms with Crippen LogP contribution in [-0.2, 0) is 14.6 Å². The quantitative estimate of drug-likeness (QED) is 0.820. The van der Waals surface area contributed by atoms with Gasteiger partial charge in [-0.1, -0.05) is 0 Å². The maximum atomic E-state index is 12.5. The highest BCUT2D eigenvalue weighted by atomic mass is 32.2. The molecule has 0 radical (unpaired) electrons. The fourth-order valence-corrected chi connectivity index (χ4v) is 5.61. The summed E-state index contributed by atoms with van der Waals surface area (Å²) in [4.78, 5) is 16.6. The predicted molar refractivity (Wildman–Crippen MR) is 105 cm³/mol. The third-order valence-corrected chi connectivity index (χ3v) is 7.09. The number of carbonyl (C=O) groups excluding carboxylic acids is 1. The summed E-state index contributed by atoms with van der Waals surface area (Å²) in [7, 11) is -2.99. The largest absolute Gasteiger partial charge is 0.376 e. The Hall–Kier alpha value is -1.76. The number of carbonyl (C=O) groups is 1. The first-order valence-corrected chi connectivity index (χ1v) is 11.4. The molecule has 3 rings (SSSR count). The van der Waals surface area contributed by atoms with Crippen molar-refractivity contribution in [2.24, 2.45) is 0 Å². The van der Waals surface area contributed by atoms with Gasteiger partial charge in [-0.2, -0.15) is 0 Å². The van der Waals surface area contributed by atoms with Gasteiger partial charge in [0.05, 0.1) is 18.1 Å². The van der Waals surface area contributed by atoms with Gasteiger partial charge >= 0.3 is 0 Å².